The summed E-state index contributed by atoms with van der Waals surface area (Å²) in [4.78, 5) is 32.1. The Bertz CT molecular complexity index is 1510. The number of carbonyl (C=O) groups is 2. The molecule has 3 aromatic rings. The van der Waals surface area contributed by atoms with Crippen molar-refractivity contribution in [3.63, 3.8) is 0 Å². The van der Waals surface area contributed by atoms with E-state index >= 15 is 0 Å². The van der Waals surface area contributed by atoms with Crippen LogP contribution >= 0.6 is 11.8 Å². The lowest BCUT2D eigenvalue weighted by Gasteiger charge is -2.39. The molecule has 5 rings (SSSR count). The molecule has 1 saturated heterocycles. The lowest BCUT2D eigenvalue weighted by molar-refractivity contribution is -0.137. The van der Waals surface area contributed by atoms with Gasteiger partial charge >= 0.3 is 6.09 Å². The first-order chi connectivity index (χ1) is 24.1. The first-order valence-electron chi connectivity index (χ1n) is 17.5. The molecule has 10 nitrogen and oxygen atoms in total. The molecule has 270 valence electrons. The molecule has 0 aromatic heterocycles. The zero-order chi connectivity index (χ0) is 35.5. The predicted molar refractivity (Wildman–Crippen MR) is 194 cm³/mol. The van der Waals surface area contributed by atoms with Crippen LogP contribution in [0.4, 0.5) is 4.79 Å². The summed E-state index contributed by atoms with van der Waals surface area (Å²) >= 11 is 1.58. The predicted octanol–water partition coefficient (Wildman–Crippen LogP) is 5.21. The van der Waals surface area contributed by atoms with Crippen molar-refractivity contribution in [2.24, 2.45) is 0 Å². The van der Waals surface area contributed by atoms with Gasteiger partial charge < -0.3 is 34.6 Å². The van der Waals surface area contributed by atoms with Crippen molar-refractivity contribution in [3.05, 3.63) is 95.6 Å². The third-order valence-corrected chi connectivity index (χ3v) is 10.0. The number of aliphatic hydroxyl groups excluding tert-OH is 2. The van der Waals surface area contributed by atoms with Gasteiger partial charge in [-0.15, -0.1) is 11.8 Å². The monoisotopic (exact) mass is 705 g/mol. The summed E-state index contributed by atoms with van der Waals surface area (Å²) in [5.74, 6) is 1.02. The quantitative estimate of drug-likeness (QED) is 0.208. The highest BCUT2D eigenvalue weighted by Gasteiger charge is 2.36. The minimum absolute atomic E-state index is 0.0176. The van der Waals surface area contributed by atoms with E-state index in [0.717, 1.165) is 60.2 Å². The number of fused-ring (bicyclic) bond motifs is 1. The number of rotatable bonds is 14. The van der Waals surface area contributed by atoms with Crippen LogP contribution in [0.2, 0.25) is 0 Å². The molecule has 1 fully saturated rings. The number of benzene rings is 3. The molecule has 2 amide bonds. The summed E-state index contributed by atoms with van der Waals surface area (Å²) < 4.78 is 16.9. The Balaban J connectivity index is 1.29. The molecule has 2 aliphatic heterocycles. The highest BCUT2D eigenvalue weighted by atomic mass is 32.2. The zero-order valence-corrected chi connectivity index (χ0v) is 30.1. The van der Waals surface area contributed by atoms with E-state index in [1.165, 1.54) is 0 Å². The number of alkyl carbamates (subject to hydrolysis) is 1. The van der Waals surface area contributed by atoms with E-state index in [2.05, 4.69) is 10.2 Å². The topological polar surface area (TPSA) is 121 Å². The second-order valence-corrected chi connectivity index (χ2v) is 14.9. The van der Waals surface area contributed by atoms with E-state index in [9.17, 15) is 19.8 Å². The minimum atomic E-state index is -1.03. The molecule has 0 radical (unpaired) electrons. The molecule has 0 aliphatic carbocycles. The Hall–Kier alpha value is -3.61. The normalized spacial score (nSPS) is 19.1. The highest BCUT2D eigenvalue weighted by molar-refractivity contribution is 7.99. The first-order valence-corrected chi connectivity index (χ1v) is 18.5. The molecule has 2 heterocycles. The Morgan fingerprint density at radius 3 is 2.42 bits per heavy atom. The van der Waals surface area contributed by atoms with Gasteiger partial charge in [0, 0.05) is 43.2 Å². The molecule has 0 saturated carbocycles. The molecule has 3 N–H and O–H groups in total. The maximum atomic E-state index is 14.2. The fourth-order valence-corrected chi connectivity index (χ4v) is 7.34. The van der Waals surface area contributed by atoms with Crippen LogP contribution in [0.15, 0.2) is 83.8 Å². The third-order valence-electron chi connectivity index (χ3n) is 8.84. The van der Waals surface area contributed by atoms with Gasteiger partial charge in [-0.3, -0.25) is 9.69 Å². The van der Waals surface area contributed by atoms with Crippen molar-refractivity contribution < 1.29 is 34.0 Å². The Morgan fingerprint density at radius 1 is 1.00 bits per heavy atom. The van der Waals surface area contributed by atoms with Gasteiger partial charge in [0.2, 0.25) is 5.91 Å². The number of ether oxygens (including phenoxy) is 3. The SMILES string of the molecule is CC(C)(C)OC(=O)N[C@@H](Cc1ccccc1)[C@@H](O)CCC(=O)N(Cc1ccc(OCCN2CCOCC2)cc1)[C@H]1c2ccccc2SC[C@H]1O. The summed E-state index contributed by atoms with van der Waals surface area (Å²) in [7, 11) is 0. The largest absolute Gasteiger partial charge is 0.492 e. The van der Waals surface area contributed by atoms with E-state index in [1.807, 2.05) is 78.9 Å². The number of thioether (sulfide) groups is 1. The summed E-state index contributed by atoms with van der Waals surface area (Å²) in [6, 6.07) is 24.0. The van der Waals surface area contributed by atoms with Crippen LogP contribution in [-0.2, 0) is 27.2 Å². The molecule has 50 heavy (non-hydrogen) atoms. The van der Waals surface area contributed by atoms with E-state index in [4.69, 9.17) is 14.2 Å². The standard InChI is InChI=1S/C39H51N3O7S/c1-39(2,3)49-38(46)40-32(25-28-9-5-4-6-10-28)33(43)17-18-36(45)42(37-31-11-7-8-12-35(31)50-27-34(37)44)26-29-13-15-30(16-14-29)48-24-21-41-19-22-47-23-20-41/h4-16,32-34,37,43-44H,17-27H2,1-3H3,(H,40,46)/t32-,33-,34+,37-/m0/s1. The van der Waals surface area contributed by atoms with Gasteiger partial charge in [-0.25, -0.2) is 4.79 Å². The van der Waals surface area contributed by atoms with Crippen molar-refractivity contribution in [2.75, 3.05) is 45.2 Å². The van der Waals surface area contributed by atoms with Gasteiger partial charge in [-0.1, -0.05) is 60.7 Å². The highest BCUT2D eigenvalue weighted by Crippen LogP contribution is 2.40. The van der Waals surface area contributed by atoms with Crippen LogP contribution in [0.25, 0.3) is 0 Å². The van der Waals surface area contributed by atoms with Crippen molar-refractivity contribution in [2.45, 2.75) is 81.4 Å². The minimum Gasteiger partial charge on any atom is -0.492 e. The number of nitrogens with zero attached hydrogens (tertiary/aromatic N) is 2. The number of hydrogen-bond acceptors (Lipinski definition) is 9. The van der Waals surface area contributed by atoms with E-state index < -0.39 is 36.0 Å². The molecule has 0 bridgehead atoms. The Kier molecular flexibility index (Phi) is 13.6. The number of hydrogen-bond donors (Lipinski definition) is 3. The van der Waals surface area contributed by atoms with Gasteiger partial charge in [-0.05, 0) is 68.5 Å². The van der Waals surface area contributed by atoms with Crippen LogP contribution < -0.4 is 10.1 Å². The fourth-order valence-electron chi connectivity index (χ4n) is 6.28. The van der Waals surface area contributed by atoms with Crippen LogP contribution in [0.3, 0.4) is 0 Å². The number of morpholine rings is 1. The van der Waals surface area contributed by atoms with Gasteiger partial charge in [-0.2, -0.15) is 0 Å². The van der Waals surface area contributed by atoms with Crippen molar-refractivity contribution in [3.8, 4) is 5.75 Å². The zero-order valence-electron chi connectivity index (χ0n) is 29.3. The molecule has 3 aromatic carbocycles. The smallest absolute Gasteiger partial charge is 0.407 e. The molecule has 2 aliphatic rings. The molecule has 0 spiro atoms. The molecule has 0 unspecified atom stereocenters. The number of nitrogens with one attached hydrogen (secondary N) is 1. The second kappa shape index (κ2) is 18.1. The summed E-state index contributed by atoms with van der Waals surface area (Å²) in [6.45, 7) is 10.3. The van der Waals surface area contributed by atoms with Crippen LogP contribution in [0.5, 0.6) is 5.75 Å². The summed E-state index contributed by atoms with van der Waals surface area (Å²) in [5.41, 5.74) is 2.04. The van der Waals surface area contributed by atoms with E-state index in [1.54, 1.807) is 37.4 Å². The number of carbonyl (C=O) groups excluding carboxylic acids is 2. The van der Waals surface area contributed by atoms with Gasteiger partial charge in [0.25, 0.3) is 0 Å². The van der Waals surface area contributed by atoms with Crippen LogP contribution in [0, 0.1) is 0 Å². The summed E-state index contributed by atoms with van der Waals surface area (Å²) in [5, 5.41) is 25.6. The lowest BCUT2D eigenvalue weighted by atomic mass is 9.96. The van der Waals surface area contributed by atoms with E-state index in [0.29, 0.717) is 18.8 Å². The first kappa shape index (κ1) is 37.6. The van der Waals surface area contributed by atoms with Gasteiger partial charge in [0.15, 0.2) is 0 Å². The number of amides is 2. The Labute approximate surface area is 300 Å². The lowest BCUT2D eigenvalue weighted by Crippen LogP contribution is -2.47. The van der Waals surface area contributed by atoms with E-state index in [-0.39, 0.29) is 25.3 Å². The van der Waals surface area contributed by atoms with Crippen molar-refractivity contribution >= 4 is 23.8 Å². The van der Waals surface area contributed by atoms with Gasteiger partial charge in [0.1, 0.15) is 18.0 Å². The van der Waals surface area contributed by atoms with Crippen LogP contribution in [-0.4, -0.2) is 101 Å². The molecular weight excluding hydrogens is 655 g/mol. The number of aliphatic hydroxyl groups is 2. The summed E-state index contributed by atoms with van der Waals surface area (Å²) in [6.07, 6.45) is -1.93. The second-order valence-electron chi connectivity index (χ2n) is 13.9. The fraction of sp³-hybridized carbons (Fsp3) is 0.487. The molecule has 4 atom stereocenters. The average molecular weight is 706 g/mol. The van der Waals surface area contributed by atoms with Crippen LogP contribution in [0.1, 0.15) is 56.3 Å². The maximum Gasteiger partial charge on any atom is 0.407 e. The average Bonchev–Trinajstić information content (AvgIpc) is 3.10. The van der Waals surface area contributed by atoms with Crippen molar-refractivity contribution in [1.82, 2.24) is 15.1 Å². The maximum absolute atomic E-state index is 14.2. The molecule has 11 heteroatoms. The van der Waals surface area contributed by atoms with Gasteiger partial charge in [0.05, 0.1) is 37.5 Å². The molecular formula is C39H51N3O7S. The third kappa shape index (κ3) is 11.2. The van der Waals surface area contributed by atoms with Crippen molar-refractivity contribution in [1.29, 1.82) is 0 Å². The Morgan fingerprint density at radius 2 is 1.70 bits per heavy atom.